The van der Waals surface area contributed by atoms with Crippen molar-refractivity contribution >= 4 is 55.4 Å². The van der Waals surface area contributed by atoms with E-state index in [0.717, 1.165) is 39.4 Å². The van der Waals surface area contributed by atoms with Crippen LogP contribution in [0.1, 0.15) is 17.3 Å². The Morgan fingerprint density at radius 1 is 0.393 bits per heavy atom. The summed E-state index contributed by atoms with van der Waals surface area (Å²) in [5, 5.41) is 8.51. The van der Waals surface area contributed by atoms with Gasteiger partial charge >= 0.3 is 0 Å². The Kier molecular flexibility index (Phi) is 7.49. The van der Waals surface area contributed by atoms with Gasteiger partial charge in [0.15, 0.2) is 5.84 Å². The summed E-state index contributed by atoms with van der Waals surface area (Å²) >= 11 is 0. The number of amidine groups is 1. The minimum absolute atomic E-state index is 0.291. The van der Waals surface area contributed by atoms with Crippen molar-refractivity contribution in [3.8, 4) is 27.9 Å². The monoisotopic (exact) mass is 717 g/mol. The van der Waals surface area contributed by atoms with Crippen LogP contribution in [0.2, 0.25) is 0 Å². The molecule has 10 aromatic rings. The lowest BCUT2D eigenvalue weighted by Gasteiger charge is -2.24. The quantitative estimate of drug-likeness (QED) is 0.189. The Bertz CT molecular complexity index is 3150. The highest BCUT2D eigenvalue weighted by Gasteiger charge is 2.24. The first-order chi connectivity index (χ1) is 27.8. The second-order valence-corrected chi connectivity index (χ2v) is 14.3. The van der Waals surface area contributed by atoms with Crippen LogP contribution in [0.5, 0.6) is 0 Å². The van der Waals surface area contributed by atoms with Gasteiger partial charge in [0.05, 0.1) is 22.1 Å². The zero-order valence-corrected chi connectivity index (χ0v) is 30.4. The number of fused-ring (bicyclic) bond motifs is 6. The molecule has 56 heavy (non-hydrogen) atoms. The lowest BCUT2D eigenvalue weighted by Crippen LogP contribution is -2.37. The molecule has 8 aromatic carbocycles. The van der Waals surface area contributed by atoms with Gasteiger partial charge in [-0.3, -0.25) is 4.57 Å². The lowest BCUT2D eigenvalue weighted by atomic mass is 9.93. The van der Waals surface area contributed by atoms with Crippen molar-refractivity contribution in [3.05, 3.63) is 211 Å². The van der Waals surface area contributed by atoms with E-state index in [2.05, 4.69) is 190 Å². The van der Waals surface area contributed by atoms with Gasteiger partial charge in [-0.1, -0.05) is 152 Å². The molecule has 3 heterocycles. The Balaban J connectivity index is 1.06. The fraction of sp³-hybridized carbons (Fsp3) is 0.0196. The smallest absolute Gasteiger partial charge is 0.211 e. The van der Waals surface area contributed by atoms with Crippen LogP contribution in [-0.2, 0) is 0 Å². The minimum atomic E-state index is -0.291. The van der Waals surface area contributed by atoms with E-state index in [1.807, 2.05) is 24.3 Å². The maximum Gasteiger partial charge on any atom is 0.211 e. The topological polar surface area (TPSA) is 46.6 Å². The number of nitrogens with zero attached hydrogens (tertiary/aromatic N) is 4. The summed E-state index contributed by atoms with van der Waals surface area (Å²) in [7, 11) is 0. The standard InChI is InChI=1S/C51H35N5/c1-4-16-34(17-5-1)49-52-50(35-18-6-2-7-19-35)54-51(53-49)56-46-27-15-13-25-42(46)44-33-37(29-31-48(44)56)40-23-11-10-22-39(40)36-28-30-47-43(32-36)41-24-12-14-26-45(41)55(47)38-20-8-3-9-21-38/h1-33,49H,(H,52,53,54). The van der Waals surface area contributed by atoms with Gasteiger partial charge in [-0.2, -0.15) is 4.99 Å². The number of benzene rings is 8. The van der Waals surface area contributed by atoms with Gasteiger partial charge in [-0.25, -0.2) is 4.99 Å². The van der Waals surface area contributed by atoms with E-state index in [9.17, 15) is 0 Å². The molecule has 1 aliphatic heterocycles. The van der Waals surface area contributed by atoms with Crippen LogP contribution in [-0.4, -0.2) is 20.9 Å². The zero-order valence-electron chi connectivity index (χ0n) is 30.4. The van der Waals surface area contributed by atoms with E-state index in [1.54, 1.807) is 0 Å². The molecule has 264 valence electrons. The van der Waals surface area contributed by atoms with Crippen molar-refractivity contribution in [2.75, 3.05) is 0 Å². The number of hydrogen-bond donors (Lipinski definition) is 1. The highest BCUT2D eigenvalue weighted by atomic mass is 15.3. The van der Waals surface area contributed by atoms with Crippen molar-refractivity contribution in [3.63, 3.8) is 0 Å². The first-order valence-electron chi connectivity index (χ1n) is 19.0. The lowest BCUT2D eigenvalue weighted by molar-refractivity contribution is 0.661. The summed E-state index contributed by atoms with van der Waals surface area (Å²) in [6.45, 7) is 0. The maximum absolute atomic E-state index is 5.19. The molecule has 1 atom stereocenters. The van der Waals surface area contributed by atoms with Gasteiger partial charge in [0, 0.05) is 32.8 Å². The van der Waals surface area contributed by atoms with Crippen LogP contribution in [0, 0.1) is 0 Å². The van der Waals surface area contributed by atoms with Crippen LogP contribution >= 0.6 is 0 Å². The average molecular weight is 718 g/mol. The third-order valence-corrected chi connectivity index (χ3v) is 11.0. The van der Waals surface area contributed by atoms with Crippen LogP contribution < -0.4 is 5.32 Å². The molecule has 0 radical (unpaired) electrons. The number of para-hydroxylation sites is 3. The molecule has 1 aliphatic rings. The van der Waals surface area contributed by atoms with Crippen LogP contribution in [0.3, 0.4) is 0 Å². The third-order valence-electron chi connectivity index (χ3n) is 11.0. The molecule has 11 rings (SSSR count). The summed E-state index contributed by atoms with van der Waals surface area (Å²) in [5.41, 5.74) is 12.5. The van der Waals surface area contributed by atoms with Gasteiger partial charge in [0.25, 0.3) is 0 Å². The predicted octanol–water partition coefficient (Wildman–Crippen LogP) is 12.2. The molecule has 1 unspecified atom stereocenters. The van der Waals surface area contributed by atoms with Crippen molar-refractivity contribution < 1.29 is 0 Å². The molecular weight excluding hydrogens is 683 g/mol. The third kappa shape index (κ3) is 5.24. The Morgan fingerprint density at radius 3 is 1.50 bits per heavy atom. The molecule has 2 aromatic heterocycles. The summed E-state index contributed by atoms with van der Waals surface area (Å²) in [6, 6.07) is 71.1. The van der Waals surface area contributed by atoms with Gasteiger partial charge in [-0.15, -0.1) is 0 Å². The second kappa shape index (κ2) is 13.1. The van der Waals surface area contributed by atoms with E-state index in [0.29, 0.717) is 5.84 Å². The Morgan fingerprint density at radius 2 is 0.875 bits per heavy atom. The van der Waals surface area contributed by atoms with Crippen LogP contribution in [0.25, 0.3) is 71.6 Å². The van der Waals surface area contributed by atoms with E-state index >= 15 is 0 Å². The molecule has 5 heteroatoms. The van der Waals surface area contributed by atoms with Crippen molar-refractivity contribution in [1.29, 1.82) is 0 Å². The maximum atomic E-state index is 5.19. The molecule has 0 fully saturated rings. The molecule has 1 N–H and O–H groups in total. The van der Waals surface area contributed by atoms with E-state index < -0.39 is 0 Å². The van der Waals surface area contributed by atoms with Gasteiger partial charge < -0.3 is 9.88 Å². The summed E-state index contributed by atoms with van der Waals surface area (Å²) in [4.78, 5) is 10.3. The Labute approximate surface area is 324 Å². The normalized spacial score (nSPS) is 14.2. The SMILES string of the molecule is c1ccc(C2=NC(c3ccccc3)NC(n3c4ccccc4c4cc(-c5ccccc5-c5ccc6c(c5)c5ccccc5n6-c5ccccc5)ccc43)=N2)cc1. The van der Waals surface area contributed by atoms with Gasteiger partial charge in [0.2, 0.25) is 5.96 Å². The van der Waals surface area contributed by atoms with Crippen LogP contribution in [0.4, 0.5) is 0 Å². The van der Waals surface area contributed by atoms with E-state index in [1.165, 1.54) is 49.3 Å². The molecular formula is C51H35N5. The summed E-state index contributed by atoms with van der Waals surface area (Å²) in [6.07, 6.45) is -0.291. The first-order valence-corrected chi connectivity index (χ1v) is 19.0. The average Bonchev–Trinajstić information content (AvgIpc) is 3.79. The van der Waals surface area contributed by atoms with Gasteiger partial charge in [-0.05, 0) is 76.3 Å². The predicted molar refractivity (Wildman–Crippen MR) is 233 cm³/mol. The minimum Gasteiger partial charge on any atom is -0.330 e. The van der Waals surface area contributed by atoms with Gasteiger partial charge in [0.1, 0.15) is 6.17 Å². The van der Waals surface area contributed by atoms with E-state index in [-0.39, 0.29) is 6.17 Å². The zero-order chi connectivity index (χ0) is 37.0. The number of hydrogen-bond acceptors (Lipinski definition) is 3. The Hall–Kier alpha value is -7.50. The molecule has 0 amide bonds. The molecule has 5 nitrogen and oxygen atoms in total. The fourth-order valence-electron chi connectivity index (χ4n) is 8.42. The second-order valence-electron chi connectivity index (χ2n) is 14.3. The van der Waals surface area contributed by atoms with Crippen molar-refractivity contribution in [1.82, 2.24) is 14.5 Å². The highest BCUT2D eigenvalue weighted by molar-refractivity contribution is 6.18. The number of aromatic nitrogens is 2. The molecule has 0 saturated carbocycles. The highest BCUT2D eigenvalue weighted by Crippen LogP contribution is 2.40. The fourth-order valence-corrected chi connectivity index (χ4v) is 8.42. The number of aliphatic imine (C=N–C) groups is 2. The van der Waals surface area contributed by atoms with Crippen molar-refractivity contribution in [2.24, 2.45) is 9.98 Å². The molecule has 0 aliphatic carbocycles. The summed E-state index contributed by atoms with van der Waals surface area (Å²) in [5.74, 6) is 1.45. The van der Waals surface area contributed by atoms with Crippen LogP contribution in [0.15, 0.2) is 210 Å². The number of rotatable bonds is 5. The largest absolute Gasteiger partial charge is 0.330 e. The first kappa shape index (κ1) is 32.0. The molecule has 0 spiro atoms. The molecule has 0 saturated heterocycles. The number of nitrogens with one attached hydrogen (secondary N) is 1. The van der Waals surface area contributed by atoms with E-state index in [4.69, 9.17) is 9.98 Å². The van der Waals surface area contributed by atoms with Crippen molar-refractivity contribution in [2.45, 2.75) is 6.17 Å². The molecule has 0 bridgehead atoms. The summed E-state index contributed by atoms with van der Waals surface area (Å²) < 4.78 is 4.62.